The highest BCUT2D eigenvalue weighted by Crippen LogP contribution is 2.32. The first kappa shape index (κ1) is 19.8. The van der Waals surface area contributed by atoms with Crippen LogP contribution in [0, 0.1) is 0 Å². The number of sulfonamides is 1. The van der Waals surface area contributed by atoms with Gasteiger partial charge in [-0.1, -0.05) is 6.07 Å². The van der Waals surface area contributed by atoms with Gasteiger partial charge in [0.05, 0.1) is 18.6 Å². The van der Waals surface area contributed by atoms with Gasteiger partial charge in [-0.15, -0.1) is 0 Å². The van der Waals surface area contributed by atoms with E-state index >= 15 is 0 Å². The average molecular weight is 406 g/mol. The summed E-state index contributed by atoms with van der Waals surface area (Å²) in [5, 5.41) is 2.74. The second-order valence-electron chi connectivity index (χ2n) is 6.07. The average Bonchev–Trinajstić information content (AvgIpc) is 3.18. The second kappa shape index (κ2) is 8.39. The zero-order valence-electron chi connectivity index (χ0n) is 15.7. The molecule has 0 atom stereocenters. The van der Waals surface area contributed by atoms with Gasteiger partial charge in [0.1, 0.15) is 12.3 Å². The zero-order chi connectivity index (χ0) is 20.1. The van der Waals surface area contributed by atoms with Gasteiger partial charge in [0.25, 0.3) is 0 Å². The maximum absolute atomic E-state index is 12.5. The van der Waals surface area contributed by atoms with Crippen LogP contribution in [0.1, 0.15) is 12.5 Å². The molecular formula is C19H22N2O6S. The number of hydrogen-bond donors (Lipinski definition) is 1. The minimum absolute atomic E-state index is 0.117. The Morgan fingerprint density at radius 3 is 2.54 bits per heavy atom. The maximum atomic E-state index is 12.5. The summed E-state index contributed by atoms with van der Waals surface area (Å²) < 4.78 is 41.7. The first-order valence-corrected chi connectivity index (χ1v) is 10.3. The van der Waals surface area contributed by atoms with Crippen LogP contribution in [-0.4, -0.2) is 40.5 Å². The van der Waals surface area contributed by atoms with Crippen LogP contribution in [-0.2, 0) is 21.4 Å². The molecule has 0 aromatic heterocycles. The first-order valence-electron chi connectivity index (χ1n) is 8.72. The van der Waals surface area contributed by atoms with Crippen LogP contribution in [0.4, 0.5) is 5.69 Å². The highest BCUT2D eigenvalue weighted by atomic mass is 32.2. The number of hydrogen-bond acceptors (Lipinski definition) is 6. The summed E-state index contributed by atoms with van der Waals surface area (Å²) >= 11 is 0. The van der Waals surface area contributed by atoms with E-state index in [9.17, 15) is 13.2 Å². The van der Waals surface area contributed by atoms with Crippen LogP contribution >= 0.6 is 0 Å². The molecule has 0 unspecified atom stereocenters. The van der Waals surface area contributed by atoms with Crippen molar-refractivity contribution in [3.8, 4) is 17.2 Å². The van der Waals surface area contributed by atoms with Crippen LogP contribution in [0.2, 0.25) is 0 Å². The summed E-state index contributed by atoms with van der Waals surface area (Å²) in [6, 6.07) is 11.9. The summed E-state index contributed by atoms with van der Waals surface area (Å²) in [6.07, 6.45) is 0. The van der Waals surface area contributed by atoms with Gasteiger partial charge in [0.15, 0.2) is 11.5 Å². The molecule has 28 heavy (non-hydrogen) atoms. The van der Waals surface area contributed by atoms with Crippen LogP contribution in [0.15, 0.2) is 42.5 Å². The van der Waals surface area contributed by atoms with Crippen molar-refractivity contribution >= 4 is 21.6 Å². The fourth-order valence-electron chi connectivity index (χ4n) is 2.69. The standard InChI is InChI=1S/C19H22N2O6S/c1-3-28(23,24)21(15-5-7-16(25-2)8-6-15)12-19(22)20-11-14-4-9-17-18(10-14)27-13-26-17/h4-10H,3,11-13H2,1-2H3,(H,20,22). The van der Waals surface area contributed by atoms with Crippen molar-refractivity contribution in [1.82, 2.24) is 5.32 Å². The molecule has 1 heterocycles. The SMILES string of the molecule is CCS(=O)(=O)N(CC(=O)NCc1ccc2c(c1)OCO2)c1ccc(OC)cc1. The molecule has 3 rings (SSSR count). The highest BCUT2D eigenvalue weighted by molar-refractivity contribution is 7.92. The molecule has 0 aliphatic carbocycles. The Hall–Kier alpha value is -2.94. The fraction of sp³-hybridized carbons (Fsp3) is 0.316. The molecule has 0 spiro atoms. The van der Waals surface area contributed by atoms with Crippen molar-refractivity contribution in [3.05, 3.63) is 48.0 Å². The van der Waals surface area contributed by atoms with Crippen molar-refractivity contribution in [1.29, 1.82) is 0 Å². The van der Waals surface area contributed by atoms with Crippen LogP contribution < -0.4 is 23.8 Å². The molecular weight excluding hydrogens is 384 g/mol. The van der Waals surface area contributed by atoms with Crippen molar-refractivity contribution in [3.63, 3.8) is 0 Å². The third-order valence-corrected chi connectivity index (χ3v) is 6.02. The number of carbonyl (C=O) groups excluding carboxylic acids is 1. The van der Waals surface area contributed by atoms with Crippen molar-refractivity contribution in [2.45, 2.75) is 13.5 Å². The summed E-state index contributed by atoms with van der Waals surface area (Å²) in [5.41, 5.74) is 1.23. The maximum Gasteiger partial charge on any atom is 0.241 e. The van der Waals surface area contributed by atoms with E-state index in [1.54, 1.807) is 36.4 Å². The molecule has 1 aliphatic rings. The molecule has 9 heteroatoms. The third kappa shape index (κ3) is 4.48. The van der Waals surface area contributed by atoms with Gasteiger partial charge in [-0.2, -0.15) is 0 Å². The minimum Gasteiger partial charge on any atom is -0.497 e. The topological polar surface area (TPSA) is 94.2 Å². The summed E-state index contributed by atoms with van der Waals surface area (Å²) in [7, 11) is -2.10. The van der Waals surface area contributed by atoms with E-state index in [2.05, 4.69) is 5.32 Å². The summed E-state index contributed by atoms with van der Waals surface area (Å²) in [4.78, 5) is 12.4. The van der Waals surface area contributed by atoms with Crippen molar-refractivity contribution in [2.75, 3.05) is 30.5 Å². The van der Waals surface area contributed by atoms with Crippen LogP contribution in [0.5, 0.6) is 17.2 Å². The molecule has 0 fully saturated rings. The number of nitrogens with one attached hydrogen (secondary N) is 1. The van der Waals surface area contributed by atoms with Crippen LogP contribution in [0.3, 0.4) is 0 Å². The Kier molecular flexibility index (Phi) is 5.93. The molecule has 2 aromatic rings. The van der Waals surface area contributed by atoms with Crippen molar-refractivity contribution < 1.29 is 27.4 Å². The molecule has 1 amide bonds. The van der Waals surface area contributed by atoms with Gasteiger partial charge in [-0.3, -0.25) is 9.10 Å². The molecule has 1 N–H and O–H groups in total. The van der Waals surface area contributed by atoms with E-state index in [-0.39, 0.29) is 25.6 Å². The zero-order valence-corrected chi connectivity index (χ0v) is 16.5. The van der Waals surface area contributed by atoms with Gasteiger partial charge in [-0.25, -0.2) is 8.42 Å². The monoisotopic (exact) mass is 406 g/mol. The number of rotatable bonds is 8. The van der Waals surface area contributed by atoms with E-state index in [4.69, 9.17) is 14.2 Å². The quantitative estimate of drug-likeness (QED) is 0.720. The Bertz CT molecular complexity index is 943. The van der Waals surface area contributed by atoms with E-state index in [0.29, 0.717) is 22.9 Å². The number of methoxy groups -OCH3 is 1. The fourth-order valence-corrected chi connectivity index (χ4v) is 3.76. The number of carbonyl (C=O) groups is 1. The van der Waals surface area contributed by atoms with Crippen LogP contribution in [0.25, 0.3) is 0 Å². The van der Waals surface area contributed by atoms with Crippen molar-refractivity contribution in [2.24, 2.45) is 0 Å². The molecule has 0 saturated carbocycles. The lowest BCUT2D eigenvalue weighted by atomic mass is 10.2. The second-order valence-corrected chi connectivity index (χ2v) is 8.25. The Morgan fingerprint density at radius 2 is 1.86 bits per heavy atom. The van der Waals surface area contributed by atoms with Gasteiger partial charge in [0.2, 0.25) is 22.7 Å². The molecule has 2 aromatic carbocycles. The smallest absolute Gasteiger partial charge is 0.241 e. The summed E-state index contributed by atoms with van der Waals surface area (Å²) in [6.45, 7) is 1.65. The number of nitrogens with zero attached hydrogens (tertiary/aromatic N) is 1. The molecule has 150 valence electrons. The first-order chi connectivity index (χ1) is 13.4. The lowest BCUT2D eigenvalue weighted by molar-refractivity contribution is -0.119. The molecule has 1 aliphatic heterocycles. The lowest BCUT2D eigenvalue weighted by Gasteiger charge is -2.23. The number of fused-ring (bicyclic) bond motifs is 1. The Balaban J connectivity index is 1.68. The highest BCUT2D eigenvalue weighted by Gasteiger charge is 2.23. The molecule has 0 radical (unpaired) electrons. The lowest BCUT2D eigenvalue weighted by Crippen LogP contribution is -2.41. The van der Waals surface area contributed by atoms with Gasteiger partial charge in [-0.05, 0) is 48.9 Å². The van der Waals surface area contributed by atoms with E-state index in [0.717, 1.165) is 9.87 Å². The molecule has 8 nitrogen and oxygen atoms in total. The molecule has 0 saturated heterocycles. The number of benzene rings is 2. The third-order valence-electron chi connectivity index (χ3n) is 4.27. The van der Waals surface area contributed by atoms with Gasteiger partial charge >= 0.3 is 0 Å². The van der Waals surface area contributed by atoms with E-state index < -0.39 is 15.9 Å². The normalized spacial score (nSPS) is 12.5. The molecule has 0 bridgehead atoms. The predicted molar refractivity (Wildman–Crippen MR) is 104 cm³/mol. The number of anilines is 1. The number of amides is 1. The predicted octanol–water partition coefficient (Wildman–Crippen LogP) is 1.90. The minimum atomic E-state index is -3.62. The van der Waals surface area contributed by atoms with E-state index in [1.165, 1.54) is 14.0 Å². The van der Waals surface area contributed by atoms with E-state index in [1.807, 2.05) is 6.07 Å². The Morgan fingerprint density at radius 1 is 1.14 bits per heavy atom. The number of ether oxygens (including phenoxy) is 3. The Labute approximate surface area is 164 Å². The van der Waals surface area contributed by atoms with Gasteiger partial charge < -0.3 is 19.5 Å². The largest absolute Gasteiger partial charge is 0.497 e. The van der Waals surface area contributed by atoms with Gasteiger partial charge in [0, 0.05) is 6.54 Å². The summed E-state index contributed by atoms with van der Waals surface area (Å²) in [5.74, 6) is 1.36.